The van der Waals surface area contributed by atoms with Crippen molar-refractivity contribution in [2.24, 2.45) is 5.92 Å². The van der Waals surface area contributed by atoms with Crippen molar-refractivity contribution in [1.82, 2.24) is 10.4 Å². The third-order valence-corrected chi connectivity index (χ3v) is 2.49. The Balaban J connectivity index is 2.26. The molecule has 0 aromatic rings. The topological polar surface area (TPSA) is 58.6 Å². The first-order valence-electron chi connectivity index (χ1n) is 4.73. The quantitative estimate of drug-likeness (QED) is 0.646. The fourth-order valence-corrected chi connectivity index (χ4v) is 1.48. The van der Waals surface area contributed by atoms with Crippen LogP contribution in [0.4, 0.5) is 0 Å². The normalized spacial score (nSPS) is 20.7. The van der Waals surface area contributed by atoms with Gasteiger partial charge >= 0.3 is 0 Å². The molecule has 1 heterocycles. The second-order valence-electron chi connectivity index (χ2n) is 3.39. The molecular formula is C9H16N2O3. The van der Waals surface area contributed by atoms with E-state index in [2.05, 4.69) is 5.32 Å². The Morgan fingerprint density at radius 1 is 1.71 bits per heavy atom. The van der Waals surface area contributed by atoms with Gasteiger partial charge in [0.05, 0.1) is 7.11 Å². The fourth-order valence-electron chi connectivity index (χ4n) is 1.48. The number of carbonyl (C=O) groups is 2. The Labute approximate surface area is 83.4 Å². The largest absolute Gasteiger partial charge is 0.356 e. The number of hydrogen-bond acceptors (Lipinski definition) is 3. The van der Waals surface area contributed by atoms with Crippen molar-refractivity contribution in [3.05, 3.63) is 0 Å². The predicted octanol–water partition coefficient (Wildman–Crippen LogP) is -0.0775. The number of nitrogens with zero attached hydrogens (tertiary/aromatic N) is 1. The summed E-state index contributed by atoms with van der Waals surface area (Å²) in [6.07, 6.45) is 1.81. The van der Waals surface area contributed by atoms with Gasteiger partial charge in [-0.3, -0.25) is 14.4 Å². The van der Waals surface area contributed by atoms with Gasteiger partial charge in [0.2, 0.25) is 11.8 Å². The molecule has 1 unspecified atom stereocenters. The lowest BCUT2D eigenvalue weighted by molar-refractivity contribution is -0.168. The van der Waals surface area contributed by atoms with Crippen molar-refractivity contribution in [3.8, 4) is 0 Å². The van der Waals surface area contributed by atoms with Crippen LogP contribution in [0.1, 0.15) is 19.3 Å². The summed E-state index contributed by atoms with van der Waals surface area (Å²) < 4.78 is 0. The van der Waals surface area contributed by atoms with Crippen LogP contribution < -0.4 is 5.32 Å². The molecule has 1 N–H and O–H groups in total. The first kappa shape index (κ1) is 11.0. The summed E-state index contributed by atoms with van der Waals surface area (Å²) >= 11 is 0. The lowest BCUT2D eigenvalue weighted by Crippen LogP contribution is -2.26. The molecule has 0 aromatic heterocycles. The predicted molar refractivity (Wildman–Crippen MR) is 50.1 cm³/mol. The van der Waals surface area contributed by atoms with E-state index in [9.17, 15) is 9.59 Å². The Morgan fingerprint density at radius 2 is 2.43 bits per heavy atom. The van der Waals surface area contributed by atoms with Gasteiger partial charge in [-0.1, -0.05) is 0 Å². The molecule has 5 nitrogen and oxygen atoms in total. The lowest BCUT2D eigenvalue weighted by Gasteiger charge is -2.14. The number of amides is 2. The second-order valence-corrected chi connectivity index (χ2v) is 3.39. The zero-order chi connectivity index (χ0) is 10.6. The van der Waals surface area contributed by atoms with E-state index in [0.29, 0.717) is 12.8 Å². The maximum atomic E-state index is 11.3. The highest BCUT2D eigenvalue weighted by Gasteiger charge is 2.24. The molecule has 0 bridgehead atoms. The maximum Gasteiger partial charge on any atom is 0.245 e. The minimum Gasteiger partial charge on any atom is -0.356 e. The molecule has 0 aromatic carbocycles. The summed E-state index contributed by atoms with van der Waals surface area (Å²) in [5.41, 5.74) is 0. The van der Waals surface area contributed by atoms with E-state index in [-0.39, 0.29) is 17.7 Å². The van der Waals surface area contributed by atoms with Crippen LogP contribution in [0.25, 0.3) is 0 Å². The van der Waals surface area contributed by atoms with E-state index >= 15 is 0 Å². The molecule has 80 valence electrons. The highest BCUT2D eigenvalue weighted by molar-refractivity contribution is 5.81. The van der Waals surface area contributed by atoms with Crippen molar-refractivity contribution in [3.63, 3.8) is 0 Å². The Kier molecular flexibility index (Phi) is 3.88. The van der Waals surface area contributed by atoms with Crippen molar-refractivity contribution >= 4 is 11.8 Å². The average molecular weight is 200 g/mol. The van der Waals surface area contributed by atoms with Gasteiger partial charge in [0.15, 0.2) is 0 Å². The van der Waals surface area contributed by atoms with Gasteiger partial charge in [-0.25, -0.2) is 5.06 Å². The average Bonchev–Trinajstić information content (AvgIpc) is 2.59. The molecule has 1 atom stereocenters. The summed E-state index contributed by atoms with van der Waals surface area (Å²) in [6.45, 7) is 0.734. The van der Waals surface area contributed by atoms with Crippen LogP contribution in [-0.4, -0.2) is 37.6 Å². The molecular weight excluding hydrogens is 184 g/mol. The number of hydrogen-bond donors (Lipinski definition) is 1. The van der Waals surface area contributed by atoms with E-state index in [4.69, 9.17) is 4.84 Å². The molecule has 1 saturated heterocycles. The summed E-state index contributed by atoms with van der Waals surface area (Å²) in [4.78, 5) is 27.2. The molecule has 0 aliphatic carbocycles. The van der Waals surface area contributed by atoms with Crippen molar-refractivity contribution in [2.45, 2.75) is 19.3 Å². The van der Waals surface area contributed by atoms with E-state index in [0.717, 1.165) is 13.0 Å². The molecule has 0 spiro atoms. The van der Waals surface area contributed by atoms with Crippen LogP contribution >= 0.6 is 0 Å². The molecule has 0 radical (unpaired) electrons. The number of carbonyl (C=O) groups excluding carboxylic acids is 2. The van der Waals surface area contributed by atoms with Crippen LogP contribution in [0, 0.1) is 5.92 Å². The van der Waals surface area contributed by atoms with Crippen LogP contribution in [0.15, 0.2) is 0 Å². The van der Waals surface area contributed by atoms with Crippen molar-refractivity contribution in [1.29, 1.82) is 0 Å². The van der Waals surface area contributed by atoms with Crippen molar-refractivity contribution in [2.75, 3.05) is 20.7 Å². The monoisotopic (exact) mass is 200 g/mol. The van der Waals surface area contributed by atoms with Crippen molar-refractivity contribution < 1.29 is 14.4 Å². The third kappa shape index (κ3) is 2.70. The Hall–Kier alpha value is -1.10. The zero-order valence-electron chi connectivity index (χ0n) is 8.58. The smallest absolute Gasteiger partial charge is 0.245 e. The number of nitrogens with one attached hydrogen (secondary N) is 1. The van der Waals surface area contributed by atoms with Gasteiger partial charge < -0.3 is 5.32 Å². The zero-order valence-corrected chi connectivity index (χ0v) is 8.58. The maximum absolute atomic E-state index is 11.3. The van der Waals surface area contributed by atoms with Crippen LogP contribution in [0.3, 0.4) is 0 Å². The highest BCUT2D eigenvalue weighted by Crippen LogP contribution is 2.16. The second kappa shape index (κ2) is 4.95. The molecule has 1 aliphatic heterocycles. The minimum atomic E-state index is -0.0906. The third-order valence-electron chi connectivity index (χ3n) is 2.49. The molecule has 2 amide bonds. The molecule has 5 heteroatoms. The van der Waals surface area contributed by atoms with Gasteiger partial charge in [0, 0.05) is 25.9 Å². The Morgan fingerprint density at radius 3 is 2.93 bits per heavy atom. The first-order valence-corrected chi connectivity index (χ1v) is 4.73. The van der Waals surface area contributed by atoms with Gasteiger partial charge in [0.25, 0.3) is 0 Å². The molecule has 0 saturated carbocycles. The minimum absolute atomic E-state index is 0.00389. The van der Waals surface area contributed by atoms with Crippen LogP contribution in [-0.2, 0) is 14.4 Å². The van der Waals surface area contributed by atoms with Gasteiger partial charge in [-0.05, 0) is 12.8 Å². The van der Waals surface area contributed by atoms with E-state index in [1.807, 2.05) is 0 Å². The lowest BCUT2D eigenvalue weighted by atomic mass is 10.0. The van der Waals surface area contributed by atoms with Crippen LogP contribution in [0.5, 0.6) is 0 Å². The Bertz CT molecular complexity index is 230. The van der Waals surface area contributed by atoms with Gasteiger partial charge in [-0.15, -0.1) is 0 Å². The number of rotatable bonds is 4. The van der Waals surface area contributed by atoms with Gasteiger partial charge in [0.1, 0.15) is 0 Å². The van der Waals surface area contributed by atoms with Crippen LogP contribution in [0.2, 0.25) is 0 Å². The van der Waals surface area contributed by atoms with Gasteiger partial charge in [-0.2, -0.15) is 0 Å². The molecule has 14 heavy (non-hydrogen) atoms. The SMILES string of the molecule is CON(C)C(=O)CCC1CCNC1=O. The van der Waals surface area contributed by atoms with E-state index in [1.165, 1.54) is 12.2 Å². The molecule has 1 fully saturated rings. The van der Waals surface area contributed by atoms with E-state index in [1.54, 1.807) is 7.05 Å². The summed E-state index contributed by atoms with van der Waals surface area (Å²) in [7, 11) is 3.01. The summed E-state index contributed by atoms with van der Waals surface area (Å²) in [6, 6.07) is 0. The summed E-state index contributed by atoms with van der Waals surface area (Å²) in [5.74, 6) is -0.0192. The summed E-state index contributed by atoms with van der Waals surface area (Å²) in [5, 5.41) is 3.93. The molecule has 1 aliphatic rings. The first-order chi connectivity index (χ1) is 6.65. The number of hydroxylamine groups is 2. The standard InChI is InChI=1S/C9H16N2O3/c1-11(14-2)8(12)4-3-7-5-6-10-9(7)13/h7H,3-6H2,1-2H3,(H,10,13). The molecule has 1 rings (SSSR count). The van der Waals surface area contributed by atoms with E-state index < -0.39 is 0 Å². The fraction of sp³-hybridized carbons (Fsp3) is 0.778. The highest BCUT2D eigenvalue weighted by atomic mass is 16.7.